The number of nitrogens with one attached hydrogen (secondary N) is 1. The van der Waals surface area contributed by atoms with Gasteiger partial charge in [-0.1, -0.05) is 0 Å². The number of hydrogen-bond donors (Lipinski definition) is 1. The fraction of sp³-hybridized carbons (Fsp3) is 1.00. The van der Waals surface area contributed by atoms with E-state index in [0.29, 0.717) is 12.1 Å². The number of nitrogens with zero attached hydrogens (tertiary/aromatic N) is 1. The summed E-state index contributed by atoms with van der Waals surface area (Å²) < 4.78 is 5.61. The summed E-state index contributed by atoms with van der Waals surface area (Å²) in [6.45, 7) is 7.11. The van der Waals surface area contributed by atoms with Gasteiger partial charge in [0.05, 0.1) is 6.10 Å². The largest absolute Gasteiger partial charge is 0.378 e. The maximum Gasteiger partial charge on any atom is 0.0561 e. The van der Waals surface area contributed by atoms with Crippen molar-refractivity contribution in [2.24, 2.45) is 5.92 Å². The van der Waals surface area contributed by atoms with Crippen LogP contribution in [0.3, 0.4) is 0 Å². The number of hydrogen-bond acceptors (Lipinski definition) is 3. The molecule has 0 spiro atoms. The van der Waals surface area contributed by atoms with Gasteiger partial charge in [0.15, 0.2) is 0 Å². The summed E-state index contributed by atoms with van der Waals surface area (Å²) in [6.07, 6.45) is 5.68. The summed E-state index contributed by atoms with van der Waals surface area (Å²) in [7, 11) is 0. The highest BCUT2D eigenvalue weighted by Crippen LogP contribution is 2.28. The third kappa shape index (κ3) is 2.27. The van der Waals surface area contributed by atoms with E-state index in [-0.39, 0.29) is 0 Å². The molecule has 4 aliphatic heterocycles. The molecule has 4 heterocycles. The zero-order chi connectivity index (χ0) is 11.0. The van der Waals surface area contributed by atoms with Crippen molar-refractivity contribution in [2.45, 2.75) is 50.8 Å². The lowest BCUT2D eigenvalue weighted by atomic mass is 9.83. The maximum absolute atomic E-state index is 5.61. The van der Waals surface area contributed by atoms with Crippen molar-refractivity contribution in [1.82, 2.24) is 10.2 Å². The lowest BCUT2D eigenvalue weighted by molar-refractivity contribution is -0.000104. The van der Waals surface area contributed by atoms with Crippen LogP contribution in [0, 0.1) is 5.92 Å². The molecule has 0 aromatic rings. The lowest BCUT2D eigenvalue weighted by Crippen LogP contribution is -2.58. The van der Waals surface area contributed by atoms with Gasteiger partial charge in [0.2, 0.25) is 0 Å². The van der Waals surface area contributed by atoms with E-state index in [4.69, 9.17) is 4.74 Å². The molecule has 0 aliphatic carbocycles. The third-order valence-electron chi connectivity index (χ3n) is 4.59. The first-order chi connectivity index (χ1) is 7.81. The van der Waals surface area contributed by atoms with Gasteiger partial charge in [0.25, 0.3) is 0 Å². The highest BCUT2D eigenvalue weighted by atomic mass is 16.5. The van der Waals surface area contributed by atoms with Crippen molar-refractivity contribution in [3.63, 3.8) is 0 Å². The summed E-state index contributed by atoms with van der Waals surface area (Å²) in [6, 6.07) is 1.46. The van der Waals surface area contributed by atoms with E-state index in [0.717, 1.165) is 18.6 Å². The van der Waals surface area contributed by atoms with E-state index in [1.54, 1.807) is 0 Å². The molecule has 3 nitrogen and oxygen atoms in total. The van der Waals surface area contributed by atoms with Gasteiger partial charge in [-0.3, -0.25) is 0 Å². The summed E-state index contributed by atoms with van der Waals surface area (Å²) in [5.74, 6) is 0.947. The molecule has 4 aliphatic rings. The van der Waals surface area contributed by atoms with Crippen LogP contribution in [0.5, 0.6) is 0 Å². The van der Waals surface area contributed by atoms with Crippen LogP contribution in [0.2, 0.25) is 0 Å². The quantitative estimate of drug-likeness (QED) is 0.764. The second-order valence-electron chi connectivity index (χ2n) is 5.81. The molecule has 4 fully saturated rings. The minimum absolute atomic E-state index is 0.451. The zero-order valence-corrected chi connectivity index (χ0v) is 10.3. The van der Waals surface area contributed by atoms with Crippen LogP contribution in [0.15, 0.2) is 0 Å². The fourth-order valence-electron chi connectivity index (χ4n) is 3.61. The van der Waals surface area contributed by atoms with E-state index in [9.17, 15) is 0 Å². The molecule has 3 heteroatoms. The minimum Gasteiger partial charge on any atom is -0.378 e. The first-order valence-corrected chi connectivity index (χ1v) is 6.91. The highest BCUT2D eigenvalue weighted by Gasteiger charge is 2.35. The SMILES string of the molecule is CC1CC(NC2CN3CCC2CC3)CCO1. The molecule has 4 saturated heterocycles. The summed E-state index contributed by atoms with van der Waals surface area (Å²) in [4.78, 5) is 2.63. The Hall–Kier alpha value is -0.120. The summed E-state index contributed by atoms with van der Waals surface area (Å²) in [5.41, 5.74) is 0. The van der Waals surface area contributed by atoms with E-state index < -0.39 is 0 Å². The molecule has 16 heavy (non-hydrogen) atoms. The Morgan fingerprint density at radius 1 is 1.19 bits per heavy atom. The van der Waals surface area contributed by atoms with Crippen molar-refractivity contribution < 1.29 is 4.74 Å². The first-order valence-electron chi connectivity index (χ1n) is 6.91. The molecular weight excluding hydrogens is 200 g/mol. The predicted molar refractivity (Wildman–Crippen MR) is 64.5 cm³/mol. The molecule has 0 radical (unpaired) electrons. The molecule has 4 rings (SSSR count). The van der Waals surface area contributed by atoms with Crippen LogP contribution in [-0.2, 0) is 4.74 Å². The van der Waals surface area contributed by atoms with Crippen LogP contribution in [-0.4, -0.2) is 49.3 Å². The van der Waals surface area contributed by atoms with E-state index in [1.807, 2.05) is 0 Å². The number of piperidine rings is 3. The van der Waals surface area contributed by atoms with E-state index in [2.05, 4.69) is 17.1 Å². The lowest BCUT2D eigenvalue weighted by Gasteiger charge is -2.46. The van der Waals surface area contributed by atoms with Gasteiger partial charge in [-0.2, -0.15) is 0 Å². The van der Waals surface area contributed by atoms with Gasteiger partial charge in [0, 0.05) is 25.2 Å². The molecule has 2 bridgehead atoms. The Morgan fingerprint density at radius 2 is 2.00 bits per heavy atom. The molecule has 0 aromatic carbocycles. The van der Waals surface area contributed by atoms with Crippen molar-refractivity contribution >= 4 is 0 Å². The van der Waals surface area contributed by atoms with Gasteiger partial charge in [-0.15, -0.1) is 0 Å². The van der Waals surface area contributed by atoms with E-state index in [1.165, 1.54) is 45.3 Å². The molecule has 3 unspecified atom stereocenters. The number of rotatable bonds is 2. The van der Waals surface area contributed by atoms with Crippen LogP contribution in [0.4, 0.5) is 0 Å². The first kappa shape index (κ1) is 11.0. The van der Waals surface area contributed by atoms with Crippen molar-refractivity contribution in [2.75, 3.05) is 26.2 Å². The van der Waals surface area contributed by atoms with Crippen molar-refractivity contribution in [3.05, 3.63) is 0 Å². The Balaban J connectivity index is 1.54. The fourth-order valence-corrected chi connectivity index (χ4v) is 3.61. The van der Waals surface area contributed by atoms with Crippen molar-refractivity contribution in [1.29, 1.82) is 0 Å². The molecule has 92 valence electrons. The van der Waals surface area contributed by atoms with Gasteiger partial charge in [-0.05, 0) is 51.6 Å². The topological polar surface area (TPSA) is 24.5 Å². The second kappa shape index (κ2) is 4.63. The monoisotopic (exact) mass is 224 g/mol. The second-order valence-corrected chi connectivity index (χ2v) is 5.81. The van der Waals surface area contributed by atoms with Crippen LogP contribution < -0.4 is 5.32 Å². The Kier molecular flexibility index (Phi) is 3.18. The van der Waals surface area contributed by atoms with Crippen molar-refractivity contribution in [3.8, 4) is 0 Å². The summed E-state index contributed by atoms with van der Waals surface area (Å²) >= 11 is 0. The predicted octanol–water partition coefficient (Wildman–Crippen LogP) is 1.24. The maximum atomic E-state index is 5.61. The normalized spacial score (nSPS) is 48.2. The molecule has 0 amide bonds. The molecule has 0 saturated carbocycles. The van der Waals surface area contributed by atoms with E-state index >= 15 is 0 Å². The van der Waals surface area contributed by atoms with Crippen LogP contribution >= 0.6 is 0 Å². The third-order valence-corrected chi connectivity index (χ3v) is 4.59. The van der Waals surface area contributed by atoms with Gasteiger partial charge < -0.3 is 15.0 Å². The van der Waals surface area contributed by atoms with Gasteiger partial charge in [0.1, 0.15) is 0 Å². The van der Waals surface area contributed by atoms with Crippen LogP contribution in [0.25, 0.3) is 0 Å². The average molecular weight is 224 g/mol. The minimum atomic E-state index is 0.451. The molecule has 0 aromatic heterocycles. The van der Waals surface area contributed by atoms with Gasteiger partial charge >= 0.3 is 0 Å². The van der Waals surface area contributed by atoms with Gasteiger partial charge in [-0.25, -0.2) is 0 Å². The summed E-state index contributed by atoms with van der Waals surface area (Å²) in [5, 5.41) is 3.90. The number of ether oxygens (including phenoxy) is 1. The van der Waals surface area contributed by atoms with Crippen LogP contribution in [0.1, 0.15) is 32.6 Å². The molecule has 1 N–H and O–H groups in total. The Morgan fingerprint density at radius 3 is 2.62 bits per heavy atom. The Labute approximate surface area is 98.5 Å². The Bertz CT molecular complexity index is 238. The molecular formula is C13H24N2O. The highest BCUT2D eigenvalue weighted by molar-refractivity contribution is 4.93. The zero-order valence-electron chi connectivity index (χ0n) is 10.3. The number of fused-ring (bicyclic) bond motifs is 3. The molecule has 3 atom stereocenters. The average Bonchev–Trinajstić information content (AvgIpc) is 2.30. The standard InChI is InChI=1S/C13H24N2O/c1-10-8-12(4-7-16-10)14-13-9-15-5-2-11(13)3-6-15/h10-14H,2-9H2,1H3. The smallest absolute Gasteiger partial charge is 0.0561 e.